The number of hydrogen-bond donors (Lipinski definition) is 1. The molecule has 1 saturated heterocycles. The molecule has 3 nitrogen and oxygen atoms in total. The van der Waals surface area contributed by atoms with E-state index in [9.17, 15) is 18.0 Å². The van der Waals surface area contributed by atoms with Crippen LogP contribution in [0.1, 0.15) is 21.8 Å². The van der Waals surface area contributed by atoms with Crippen molar-refractivity contribution >= 4 is 30.1 Å². The Labute approximate surface area is 166 Å². The van der Waals surface area contributed by atoms with Crippen molar-refractivity contribution in [3.8, 4) is 0 Å². The van der Waals surface area contributed by atoms with Crippen LogP contribution >= 0.6 is 24.2 Å². The summed E-state index contributed by atoms with van der Waals surface area (Å²) < 4.78 is 37.2. The molecule has 146 valence electrons. The summed E-state index contributed by atoms with van der Waals surface area (Å²) in [5, 5.41) is 0. The van der Waals surface area contributed by atoms with Gasteiger partial charge < -0.3 is 10.6 Å². The Bertz CT molecular complexity index is 756. The fourth-order valence-corrected chi connectivity index (χ4v) is 3.87. The maximum atomic E-state index is 12.7. The van der Waals surface area contributed by atoms with E-state index in [1.807, 2.05) is 30.3 Å². The van der Waals surface area contributed by atoms with Gasteiger partial charge in [0, 0.05) is 29.5 Å². The summed E-state index contributed by atoms with van der Waals surface area (Å²) in [7, 11) is 0. The van der Waals surface area contributed by atoms with Gasteiger partial charge in [-0.25, -0.2) is 0 Å². The average Bonchev–Trinajstić information content (AvgIpc) is 3.05. The maximum absolute atomic E-state index is 12.7. The number of amides is 1. The van der Waals surface area contributed by atoms with E-state index in [0.717, 1.165) is 5.56 Å². The van der Waals surface area contributed by atoms with Crippen LogP contribution in [0.3, 0.4) is 0 Å². The molecule has 1 amide bonds. The van der Waals surface area contributed by atoms with Gasteiger partial charge >= 0.3 is 5.51 Å². The number of hydrogen-bond acceptors (Lipinski definition) is 3. The molecule has 3 rings (SSSR count). The van der Waals surface area contributed by atoms with Gasteiger partial charge in [-0.2, -0.15) is 13.2 Å². The minimum atomic E-state index is -4.34. The van der Waals surface area contributed by atoms with Crippen LogP contribution in [0.2, 0.25) is 0 Å². The van der Waals surface area contributed by atoms with E-state index in [-0.39, 0.29) is 46.8 Å². The van der Waals surface area contributed by atoms with Crippen LogP contribution < -0.4 is 5.73 Å². The van der Waals surface area contributed by atoms with Gasteiger partial charge in [-0.15, -0.1) is 12.4 Å². The number of halogens is 4. The van der Waals surface area contributed by atoms with E-state index in [2.05, 4.69) is 0 Å². The number of nitrogens with two attached hydrogens (primary N) is 1. The van der Waals surface area contributed by atoms with Gasteiger partial charge in [0.25, 0.3) is 5.91 Å². The summed E-state index contributed by atoms with van der Waals surface area (Å²) >= 11 is -0.186. The van der Waals surface area contributed by atoms with Crippen molar-refractivity contribution in [1.82, 2.24) is 4.90 Å². The minimum Gasteiger partial charge on any atom is -0.338 e. The van der Waals surface area contributed by atoms with E-state index in [4.69, 9.17) is 5.73 Å². The van der Waals surface area contributed by atoms with Crippen molar-refractivity contribution in [2.45, 2.75) is 16.3 Å². The third-order valence-electron chi connectivity index (χ3n) is 4.59. The number of likely N-dealkylation sites (tertiary alicyclic amines) is 1. The molecular weight excluding hydrogens is 397 g/mol. The second-order valence-corrected chi connectivity index (χ2v) is 7.43. The fourth-order valence-electron chi connectivity index (χ4n) is 3.34. The van der Waals surface area contributed by atoms with Gasteiger partial charge in [0.05, 0.1) is 0 Å². The first kappa shape index (κ1) is 21.6. The van der Waals surface area contributed by atoms with Crippen molar-refractivity contribution in [2.75, 3.05) is 19.6 Å². The summed E-state index contributed by atoms with van der Waals surface area (Å²) in [6.45, 7) is 1.59. The van der Waals surface area contributed by atoms with Gasteiger partial charge in [0.2, 0.25) is 0 Å². The molecule has 1 aliphatic rings. The predicted octanol–water partition coefficient (Wildman–Crippen LogP) is 4.53. The molecule has 1 heterocycles. The average molecular weight is 417 g/mol. The van der Waals surface area contributed by atoms with Crippen molar-refractivity contribution in [2.24, 2.45) is 11.7 Å². The van der Waals surface area contributed by atoms with Gasteiger partial charge in [-0.05, 0) is 54.1 Å². The second-order valence-electron chi connectivity index (χ2n) is 6.30. The SMILES string of the molecule is Cl.NC[C@@H]1CN(C(=O)c2ccc(SC(F)(F)F)cc2)C[C@H]1c1ccccc1. The van der Waals surface area contributed by atoms with Gasteiger partial charge in [-0.1, -0.05) is 30.3 Å². The highest BCUT2D eigenvalue weighted by molar-refractivity contribution is 8.00. The Morgan fingerprint density at radius 1 is 1.07 bits per heavy atom. The van der Waals surface area contributed by atoms with Crippen molar-refractivity contribution in [3.63, 3.8) is 0 Å². The monoisotopic (exact) mass is 416 g/mol. The minimum absolute atomic E-state index is 0. The number of alkyl halides is 3. The van der Waals surface area contributed by atoms with Crippen molar-refractivity contribution in [3.05, 3.63) is 65.7 Å². The highest BCUT2D eigenvalue weighted by Crippen LogP contribution is 2.37. The Kier molecular flexibility index (Phi) is 7.19. The number of rotatable bonds is 4. The molecule has 2 N–H and O–H groups in total. The molecule has 1 aliphatic heterocycles. The van der Waals surface area contributed by atoms with Crippen LogP contribution in [0.15, 0.2) is 59.5 Å². The van der Waals surface area contributed by atoms with E-state index >= 15 is 0 Å². The lowest BCUT2D eigenvalue weighted by Crippen LogP contribution is -2.29. The summed E-state index contributed by atoms with van der Waals surface area (Å²) in [5.41, 5.74) is 3.10. The fraction of sp³-hybridized carbons (Fsp3) is 0.316. The molecule has 0 bridgehead atoms. The number of carbonyl (C=O) groups excluding carboxylic acids is 1. The third kappa shape index (κ3) is 5.40. The molecule has 2 aromatic rings. The topological polar surface area (TPSA) is 46.3 Å². The normalized spacial score (nSPS) is 19.6. The molecule has 1 fully saturated rings. The molecule has 2 aromatic carbocycles. The lowest BCUT2D eigenvalue weighted by Gasteiger charge is -2.17. The lowest BCUT2D eigenvalue weighted by molar-refractivity contribution is -0.0328. The van der Waals surface area contributed by atoms with Crippen molar-refractivity contribution in [1.29, 1.82) is 0 Å². The largest absolute Gasteiger partial charge is 0.446 e. The maximum Gasteiger partial charge on any atom is 0.446 e. The van der Waals surface area contributed by atoms with Crippen LogP contribution in [0.4, 0.5) is 13.2 Å². The van der Waals surface area contributed by atoms with E-state index < -0.39 is 5.51 Å². The quantitative estimate of drug-likeness (QED) is 0.744. The van der Waals surface area contributed by atoms with Gasteiger partial charge in [0.15, 0.2) is 0 Å². The number of thioether (sulfide) groups is 1. The van der Waals surface area contributed by atoms with Crippen molar-refractivity contribution < 1.29 is 18.0 Å². The molecule has 0 unspecified atom stereocenters. The van der Waals surface area contributed by atoms with E-state index in [1.165, 1.54) is 24.3 Å². The van der Waals surface area contributed by atoms with Crippen LogP contribution in [-0.2, 0) is 0 Å². The number of nitrogens with zero attached hydrogens (tertiary/aromatic N) is 1. The van der Waals surface area contributed by atoms with Gasteiger partial charge in [-0.3, -0.25) is 4.79 Å². The smallest absolute Gasteiger partial charge is 0.338 e. The van der Waals surface area contributed by atoms with E-state index in [1.54, 1.807) is 4.90 Å². The van der Waals surface area contributed by atoms with Crippen LogP contribution in [0.25, 0.3) is 0 Å². The van der Waals surface area contributed by atoms with Crippen LogP contribution in [0.5, 0.6) is 0 Å². The zero-order valence-corrected chi connectivity index (χ0v) is 16.0. The zero-order valence-electron chi connectivity index (χ0n) is 14.4. The lowest BCUT2D eigenvalue weighted by atomic mass is 9.89. The molecule has 27 heavy (non-hydrogen) atoms. The standard InChI is InChI=1S/C19H19F3N2OS.ClH/c20-19(21,22)26-16-8-6-14(7-9-16)18(25)24-11-15(10-23)17(12-24)13-4-2-1-3-5-13;/h1-9,15,17H,10-12,23H2;1H/t15-,17+;/m1./s1. The summed E-state index contributed by atoms with van der Waals surface area (Å²) in [5.74, 6) is 0.164. The molecule has 0 saturated carbocycles. The highest BCUT2D eigenvalue weighted by Gasteiger charge is 2.35. The first-order valence-corrected chi connectivity index (χ1v) is 9.09. The van der Waals surface area contributed by atoms with Gasteiger partial charge in [0.1, 0.15) is 0 Å². The summed E-state index contributed by atoms with van der Waals surface area (Å²) in [6.07, 6.45) is 0. The summed E-state index contributed by atoms with van der Waals surface area (Å²) in [6, 6.07) is 15.5. The number of benzene rings is 2. The summed E-state index contributed by atoms with van der Waals surface area (Å²) in [4.78, 5) is 14.5. The van der Waals surface area contributed by atoms with Crippen LogP contribution in [0, 0.1) is 5.92 Å². The zero-order chi connectivity index (χ0) is 18.7. The molecule has 0 aliphatic carbocycles. The Balaban J connectivity index is 0.00000261. The third-order valence-corrected chi connectivity index (χ3v) is 5.33. The molecular formula is C19H20ClF3N2OS. The molecule has 2 atom stereocenters. The molecule has 0 aromatic heterocycles. The molecule has 8 heteroatoms. The predicted molar refractivity (Wildman–Crippen MR) is 103 cm³/mol. The number of carbonyl (C=O) groups is 1. The van der Waals surface area contributed by atoms with E-state index in [0.29, 0.717) is 25.2 Å². The highest BCUT2D eigenvalue weighted by atomic mass is 35.5. The first-order valence-electron chi connectivity index (χ1n) is 8.27. The Morgan fingerprint density at radius 2 is 1.70 bits per heavy atom. The second kappa shape index (κ2) is 8.99. The Morgan fingerprint density at radius 3 is 2.26 bits per heavy atom. The van der Waals surface area contributed by atoms with Crippen LogP contribution in [-0.4, -0.2) is 35.9 Å². The molecule has 0 radical (unpaired) electrons. The first-order chi connectivity index (χ1) is 12.4. The Hall–Kier alpha value is -1.70. The molecule has 0 spiro atoms.